The van der Waals surface area contributed by atoms with Gasteiger partial charge in [0.2, 0.25) is 11.8 Å². The molecule has 2 amide bonds. The first-order valence-corrected chi connectivity index (χ1v) is 12.6. The third-order valence-corrected chi connectivity index (χ3v) is 8.76. The molecule has 0 radical (unpaired) electrons. The molecular weight excluding hydrogens is 436 g/mol. The molecule has 0 aromatic carbocycles. The highest BCUT2D eigenvalue weighted by molar-refractivity contribution is 7.93. The topological polar surface area (TPSA) is 135 Å². The van der Waals surface area contributed by atoms with E-state index in [1.54, 1.807) is 26.0 Å². The summed E-state index contributed by atoms with van der Waals surface area (Å²) in [6, 6.07) is 6.17. The second kappa shape index (κ2) is 6.98. The smallest absolute Gasteiger partial charge is 0.239 e. The van der Waals surface area contributed by atoms with Gasteiger partial charge in [0, 0.05) is 13.1 Å². The molecule has 10 nitrogen and oxygen atoms in total. The lowest BCUT2D eigenvalue weighted by atomic mass is 10.3. The van der Waals surface area contributed by atoms with Crippen LogP contribution in [0.4, 0.5) is 0 Å². The van der Waals surface area contributed by atoms with Gasteiger partial charge in [-0.3, -0.25) is 9.59 Å². The van der Waals surface area contributed by atoms with Gasteiger partial charge in [-0.15, -0.1) is 0 Å². The molecule has 2 fully saturated rings. The highest BCUT2D eigenvalue weighted by Crippen LogP contribution is 2.37. The van der Waals surface area contributed by atoms with E-state index in [4.69, 9.17) is 8.83 Å². The number of carbonyl (C=O) groups is 2. The van der Waals surface area contributed by atoms with Crippen LogP contribution in [0.25, 0.3) is 0 Å². The van der Waals surface area contributed by atoms with Crippen LogP contribution in [0.3, 0.4) is 0 Å². The number of sulfone groups is 2. The lowest BCUT2D eigenvalue weighted by Gasteiger charge is -2.27. The molecule has 4 heterocycles. The molecule has 2 aromatic rings. The zero-order chi connectivity index (χ0) is 21.8. The first kappa shape index (κ1) is 20.7. The van der Waals surface area contributed by atoms with Crippen molar-refractivity contribution in [1.29, 1.82) is 0 Å². The van der Waals surface area contributed by atoms with Gasteiger partial charge in [0.1, 0.15) is 34.5 Å². The van der Waals surface area contributed by atoms with Crippen molar-refractivity contribution in [3.05, 3.63) is 47.3 Å². The van der Waals surface area contributed by atoms with Gasteiger partial charge in [0.05, 0.1) is 0 Å². The Bertz CT molecular complexity index is 1130. The molecule has 2 aromatic heterocycles. The quantitative estimate of drug-likeness (QED) is 0.642. The summed E-state index contributed by atoms with van der Waals surface area (Å²) in [7, 11) is -7.65. The Balaban J connectivity index is 1.62. The molecule has 2 aliphatic heterocycles. The maximum absolute atomic E-state index is 12.5. The van der Waals surface area contributed by atoms with Crippen molar-refractivity contribution < 1.29 is 35.3 Å². The molecule has 2 saturated heterocycles. The molecule has 0 spiro atoms. The van der Waals surface area contributed by atoms with Gasteiger partial charge in [0.15, 0.2) is 30.4 Å². The molecule has 30 heavy (non-hydrogen) atoms. The fourth-order valence-corrected chi connectivity index (χ4v) is 7.37. The van der Waals surface area contributed by atoms with Crippen LogP contribution in [0, 0.1) is 13.8 Å². The fourth-order valence-electron chi connectivity index (χ4n) is 3.85. The van der Waals surface area contributed by atoms with Crippen LogP contribution in [0.1, 0.15) is 33.8 Å². The van der Waals surface area contributed by atoms with E-state index < -0.39 is 53.7 Å². The Morgan fingerprint density at radius 1 is 0.767 bits per heavy atom. The minimum Gasteiger partial charge on any atom is -0.463 e. The van der Waals surface area contributed by atoms with E-state index in [1.807, 2.05) is 0 Å². The number of hydrogen-bond donors (Lipinski definition) is 0. The lowest BCUT2D eigenvalue weighted by Crippen LogP contribution is -2.39. The average Bonchev–Trinajstić information content (AvgIpc) is 3.32. The maximum atomic E-state index is 12.5. The van der Waals surface area contributed by atoms with Crippen LogP contribution in [0.15, 0.2) is 33.1 Å². The van der Waals surface area contributed by atoms with Crippen LogP contribution in [0.2, 0.25) is 0 Å². The number of carbonyl (C=O) groups excluding carboxylic acids is 2. The van der Waals surface area contributed by atoms with Gasteiger partial charge in [-0.1, -0.05) is 0 Å². The van der Waals surface area contributed by atoms with E-state index in [-0.39, 0.29) is 24.6 Å². The van der Waals surface area contributed by atoms with Gasteiger partial charge in [0.25, 0.3) is 0 Å². The van der Waals surface area contributed by atoms with Crippen molar-refractivity contribution in [3.63, 3.8) is 0 Å². The third kappa shape index (κ3) is 3.43. The normalized spacial score (nSPS) is 25.4. The van der Waals surface area contributed by atoms with E-state index in [2.05, 4.69) is 0 Å². The number of furan rings is 2. The Hall–Kier alpha value is -2.60. The van der Waals surface area contributed by atoms with Crippen LogP contribution in [-0.2, 0) is 29.3 Å². The highest BCUT2D eigenvalue weighted by Gasteiger charge is 2.49. The average molecular weight is 456 g/mol. The first-order valence-electron chi connectivity index (χ1n) is 9.14. The Morgan fingerprint density at radius 2 is 1.13 bits per heavy atom. The summed E-state index contributed by atoms with van der Waals surface area (Å²) in [6.45, 7) is 2.97. The number of amides is 2. The summed E-state index contributed by atoms with van der Waals surface area (Å²) in [5.74, 6) is -1.41. The molecule has 2 unspecified atom stereocenters. The minimum atomic E-state index is -3.83. The van der Waals surface area contributed by atoms with Crippen LogP contribution in [0.5, 0.6) is 0 Å². The molecule has 0 saturated carbocycles. The lowest BCUT2D eigenvalue weighted by molar-refractivity contribution is -0.132. The zero-order valence-electron chi connectivity index (χ0n) is 16.3. The van der Waals surface area contributed by atoms with Crippen LogP contribution >= 0.6 is 0 Å². The summed E-state index contributed by atoms with van der Waals surface area (Å²) < 4.78 is 61.0. The summed E-state index contributed by atoms with van der Waals surface area (Å²) >= 11 is 0. The van der Waals surface area contributed by atoms with Gasteiger partial charge in [-0.25, -0.2) is 16.8 Å². The molecule has 2 atom stereocenters. The molecule has 162 valence electrons. The van der Waals surface area contributed by atoms with Gasteiger partial charge in [-0.05, 0) is 38.1 Å². The molecular formula is C18H20N2O8S2. The van der Waals surface area contributed by atoms with Crippen molar-refractivity contribution in [1.82, 2.24) is 9.80 Å². The number of aryl methyl sites for hydroxylation is 2. The van der Waals surface area contributed by atoms with Crippen molar-refractivity contribution in [2.45, 2.75) is 24.6 Å². The van der Waals surface area contributed by atoms with Crippen LogP contribution in [-0.4, -0.2) is 63.0 Å². The molecule has 0 N–H and O–H groups in total. The highest BCUT2D eigenvalue weighted by atomic mass is 32.2. The Labute approximate surface area is 173 Å². The predicted molar refractivity (Wildman–Crippen MR) is 103 cm³/mol. The standard InChI is InChI=1S/C18H20N2O8S2/c1-11-3-5-13(27-11)17-19(15(21)9-29(17,23)24)7-8-20-16(22)10-30(25,26)18(20)14-6-4-12(2)28-14/h3-6,17-18H,7-10H2,1-2H3. The number of rotatable bonds is 5. The van der Waals surface area contributed by atoms with Crippen molar-refractivity contribution in [2.75, 3.05) is 24.6 Å². The summed E-state index contributed by atoms with van der Waals surface area (Å²) in [5.41, 5.74) is 0. The largest absolute Gasteiger partial charge is 0.463 e. The second-order valence-corrected chi connectivity index (χ2v) is 11.5. The van der Waals surface area contributed by atoms with E-state index in [0.29, 0.717) is 11.5 Å². The molecule has 4 rings (SSSR count). The molecule has 12 heteroatoms. The minimum absolute atomic E-state index is 0.108. The molecule has 0 aliphatic carbocycles. The van der Waals surface area contributed by atoms with Crippen molar-refractivity contribution in [2.24, 2.45) is 0 Å². The summed E-state index contributed by atoms with van der Waals surface area (Å²) in [5, 5.41) is -2.62. The second-order valence-electron chi connectivity index (χ2n) is 7.39. The van der Waals surface area contributed by atoms with E-state index in [1.165, 1.54) is 12.1 Å². The maximum Gasteiger partial charge on any atom is 0.239 e. The molecule has 0 bridgehead atoms. The van der Waals surface area contributed by atoms with Gasteiger partial charge in [-0.2, -0.15) is 0 Å². The Kier molecular flexibility index (Phi) is 4.81. The summed E-state index contributed by atoms with van der Waals surface area (Å²) in [4.78, 5) is 27.0. The first-order chi connectivity index (χ1) is 14.0. The van der Waals surface area contributed by atoms with Crippen molar-refractivity contribution in [3.8, 4) is 0 Å². The van der Waals surface area contributed by atoms with Crippen LogP contribution < -0.4 is 0 Å². The van der Waals surface area contributed by atoms with Gasteiger partial charge < -0.3 is 18.6 Å². The third-order valence-electron chi connectivity index (χ3n) is 5.13. The number of hydrogen-bond acceptors (Lipinski definition) is 8. The van der Waals surface area contributed by atoms with Gasteiger partial charge >= 0.3 is 0 Å². The monoisotopic (exact) mass is 456 g/mol. The predicted octanol–water partition coefficient (Wildman–Crippen LogP) is 0.701. The van der Waals surface area contributed by atoms with Crippen molar-refractivity contribution >= 4 is 31.5 Å². The Morgan fingerprint density at radius 3 is 1.43 bits per heavy atom. The van der Waals surface area contributed by atoms with E-state index >= 15 is 0 Å². The van der Waals surface area contributed by atoms with E-state index in [0.717, 1.165) is 9.80 Å². The fraction of sp³-hybridized carbons (Fsp3) is 0.444. The van der Waals surface area contributed by atoms with E-state index in [9.17, 15) is 26.4 Å². The zero-order valence-corrected chi connectivity index (χ0v) is 17.9. The number of nitrogens with zero attached hydrogens (tertiary/aromatic N) is 2. The molecule has 2 aliphatic rings. The SMILES string of the molecule is Cc1ccc(C2N(CCN3C(=O)CS(=O)(=O)C3c3ccc(C)o3)C(=O)CS2(=O)=O)o1. The summed E-state index contributed by atoms with van der Waals surface area (Å²) in [6.07, 6.45) is 0.